The van der Waals surface area contributed by atoms with Gasteiger partial charge in [-0.15, -0.1) is 0 Å². The SMILES string of the molecule is CC(=O)Nc1cccc(S(=O)(=O)N2CCC(C(=O)N3CCN(c4ccnc5cc(F)ccc45)CC3)CC2)c1. The standard InChI is InChI=1S/C27H30FN5O4S/c1-19(34)30-22-3-2-4-23(18-22)38(36,37)33-11-8-20(9-12-33)27(35)32-15-13-31(14-16-32)26-7-10-29-25-17-21(28)5-6-24(25)26/h2-7,10,17-18,20H,8-9,11-16H2,1H3,(H,30,34). The Morgan fingerprint density at radius 2 is 1.71 bits per heavy atom. The lowest BCUT2D eigenvalue weighted by atomic mass is 9.96. The van der Waals surface area contributed by atoms with E-state index < -0.39 is 10.0 Å². The Kier molecular flexibility index (Phi) is 7.31. The smallest absolute Gasteiger partial charge is 0.243 e. The number of hydrogen-bond donors (Lipinski definition) is 1. The fourth-order valence-corrected chi connectivity index (χ4v) is 6.75. The molecule has 3 heterocycles. The van der Waals surface area contributed by atoms with E-state index in [4.69, 9.17) is 0 Å². The summed E-state index contributed by atoms with van der Waals surface area (Å²) in [5.74, 6) is -0.751. The minimum atomic E-state index is -3.73. The van der Waals surface area contributed by atoms with Gasteiger partial charge < -0.3 is 15.1 Å². The van der Waals surface area contributed by atoms with Gasteiger partial charge in [-0.1, -0.05) is 6.07 Å². The first kappa shape index (κ1) is 26.1. The van der Waals surface area contributed by atoms with E-state index in [1.165, 1.54) is 35.5 Å². The molecule has 11 heteroatoms. The van der Waals surface area contributed by atoms with Gasteiger partial charge in [-0.05, 0) is 49.2 Å². The van der Waals surface area contributed by atoms with E-state index in [2.05, 4.69) is 15.2 Å². The van der Waals surface area contributed by atoms with E-state index in [-0.39, 0.29) is 41.5 Å². The number of halogens is 1. The molecule has 1 aromatic heterocycles. The number of amides is 2. The number of piperazine rings is 1. The van der Waals surface area contributed by atoms with Crippen molar-refractivity contribution in [2.45, 2.75) is 24.7 Å². The fourth-order valence-electron chi connectivity index (χ4n) is 5.24. The lowest BCUT2D eigenvalue weighted by molar-refractivity contribution is -0.137. The van der Waals surface area contributed by atoms with Crippen LogP contribution in [0.25, 0.3) is 10.9 Å². The van der Waals surface area contributed by atoms with Crippen molar-refractivity contribution in [3.05, 3.63) is 60.5 Å². The number of benzene rings is 2. The predicted octanol–water partition coefficient (Wildman–Crippen LogP) is 3.08. The average Bonchev–Trinajstić information content (AvgIpc) is 2.92. The normalized spacial score (nSPS) is 17.5. The van der Waals surface area contributed by atoms with Crippen LogP contribution in [0.1, 0.15) is 19.8 Å². The first-order valence-electron chi connectivity index (χ1n) is 12.7. The molecule has 1 N–H and O–H groups in total. The van der Waals surface area contributed by atoms with Gasteiger partial charge in [0.2, 0.25) is 21.8 Å². The molecule has 0 saturated carbocycles. The highest BCUT2D eigenvalue weighted by molar-refractivity contribution is 7.89. The number of pyridine rings is 1. The number of nitrogens with one attached hydrogen (secondary N) is 1. The average molecular weight is 540 g/mol. The Labute approximate surface area is 221 Å². The van der Waals surface area contributed by atoms with Crippen LogP contribution in [0.2, 0.25) is 0 Å². The highest BCUT2D eigenvalue weighted by Crippen LogP contribution is 2.29. The highest BCUT2D eigenvalue weighted by atomic mass is 32.2. The molecule has 0 unspecified atom stereocenters. The molecule has 0 spiro atoms. The van der Waals surface area contributed by atoms with Crippen LogP contribution >= 0.6 is 0 Å². The number of sulfonamides is 1. The van der Waals surface area contributed by atoms with Crippen LogP contribution in [0, 0.1) is 11.7 Å². The van der Waals surface area contributed by atoms with Crippen LogP contribution < -0.4 is 10.2 Å². The van der Waals surface area contributed by atoms with E-state index in [0.29, 0.717) is 50.2 Å². The van der Waals surface area contributed by atoms with Crippen molar-refractivity contribution < 1.29 is 22.4 Å². The van der Waals surface area contributed by atoms with E-state index in [1.807, 2.05) is 11.0 Å². The largest absolute Gasteiger partial charge is 0.367 e. The van der Waals surface area contributed by atoms with Crippen LogP contribution in [0.4, 0.5) is 15.8 Å². The topological polar surface area (TPSA) is 103 Å². The van der Waals surface area contributed by atoms with E-state index in [9.17, 15) is 22.4 Å². The molecule has 2 saturated heterocycles. The van der Waals surface area contributed by atoms with E-state index >= 15 is 0 Å². The van der Waals surface area contributed by atoms with Crippen molar-refractivity contribution >= 4 is 44.1 Å². The van der Waals surface area contributed by atoms with Gasteiger partial charge in [0.15, 0.2) is 0 Å². The molecule has 2 fully saturated rings. The zero-order valence-corrected chi connectivity index (χ0v) is 22.0. The summed E-state index contributed by atoms with van der Waals surface area (Å²) in [6.45, 7) is 4.34. The lowest BCUT2D eigenvalue weighted by Crippen LogP contribution is -2.52. The molecule has 0 radical (unpaired) electrons. The Balaban J connectivity index is 1.18. The zero-order valence-electron chi connectivity index (χ0n) is 21.1. The number of aromatic nitrogens is 1. The number of carbonyl (C=O) groups is 2. The Morgan fingerprint density at radius 3 is 2.42 bits per heavy atom. The summed E-state index contributed by atoms with van der Waals surface area (Å²) in [6.07, 6.45) is 2.60. The number of carbonyl (C=O) groups excluding carboxylic acids is 2. The van der Waals surface area contributed by atoms with Crippen molar-refractivity contribution in [3.63, 3.8) is 0 Å². The summed E-state index contributed by atoms with van der Waals surface area (Å²) in [5, 5.41) is 3.49. The maximum absolute atomic E-state index is 13.6. The Hall–Kier alpha value is -3.57. The number of nitrogens with zero attached hydrogens (tertiary/aromatic N) is 4. The second-order valence-electron chi connectivity index (χ2n) is 9.69. The number of hydrogen-bond acceptors (Lipinski definition) is 6. The molecule has 5 rings (SSSR count). The van der Waals surface area contributed by atoms with Gasteiger partial charge in [0.05, 0.1) is 10.4 Å². The monoisotopic (exact) mass is 539 g/mol. The second-order valence-corrected chi connectivity index (χ2v) is 11.6. The van der Waals surface area contributed by atoms with Crippen LogP contribution in [0.3, 0.4) is 0 Å². The van der Waals surface area contributed by atoms with Gasteiger partial charge in [-0.3, -0.25) is 14.6 Å². The quantitative estimate of drug-likeness (QED) is 0.535. The molecule has 0 aliphatic carbocycles. The van der Waals surface area contributed by atoms with Gasteiger partial charge in [0.25, 0.3) is 0 Å². The molecular weight excluding hydrogens is 509 g/mol. The summed E-state index contributed by atoms with van der Waals surface area (Å²) < 4.78 is 41.4. The third kappa shape index (κ3) is 5.34. The molecule has 2 aliphatic rings. The van der Waals surface area contributed by atoms with Gasteiger partial charge in [0, 0.05) is 81.1 Å². The molecule has 2 amide bonds. The van der Waals surface area contributed by atoms with Crippen LogP contribution in [-0.4, -0.2) is 73.7 Å². The summed E-state index contributed by atoms with van der Waals surface area (Å²) in [6, 6.07) is 12.7. The predicted molar refractivity (Wildman–Crippen MR) is 143 cm³/mol. The van der Waals surface area contributed by atoms with Crippen molar-refractivity contribution in [2.75, 3.05) is 49.5 Å². The first-order valence-corrected chi connectivity index (χ1v) is 14.1. The van der Waals surface area contributed by atoms with Crippen LogP contribution in [0.15, 0.2) is 59.6 Å². The first-order chi connectivity index (χ1) is 18.2. The molecule has 3 aromatic rings. The third-order valence-electron chi connectivity index (χ3n) is 7.21. The number of fused-ring (bicyclic) bond motifs is 1. The summed E-state index contributed by atoms with van der Waals surface area (Å²) in [4.78, 5) is 33.0. The highest BCUT2D eigenvalue weighted by Gasteiger charge is 2.35. The van der Waals surface area contributed by atoms with Crippen LogP contribution in [0.5, 0.6) is 0 Å². The molecule has 0 bridgehead atoms. The van der Waals surface area contributed by atoms with Crippen LogP contribution in [-0.2, 0) is 19.6 Å². The molecule has 2 aliphatic heterocycles. The minimum Gasteiger partial charge on any atom is -0.367 e. The molecule has 2 aromatic carbocycles. The van der Waals surface area contributed by atoms with Gasteiger partial charge >= 0.3 is 0 Å². The Morgan fingerprint density at radius 1 is 0.974 bits per heavy atom. The zero-order chi connectivity index (χ0) is 26.9. The molecule has 9 nitrogen and oxygen atoms in total. The van der Waals surface area contributed by atoms with Crippen molar-refractivity contribution in [1.29, 1.82) is 0 Å². The number of piperidine rings is 1. The molecule has 0 atom stereocenters. The van der Waals surface area contributed by atoms with Crippen molar-refractivity contribution in [1.82, 2.24) is 14.2 Å². The van der Waals surface area contributed by atoms with Gasteiger partial charge in [0.1, 0.15) is 5.82 Å². The van der Waals surface area contributed by atoms with E-state index in [0.717, 1.165) is 11.1 Å². The second kappa shape index (κ2) is 10.7. The molecular formula is C27H30FN5O4S. The number of rotatable bonds is 5. The lowest BCUT2D eigenvalue weighted by Gasteiger charge is -2.39. The van der Waals surface area contributed by atoms with Gasteiger partial charge in [-0.2, -0.15) is 4.31 Å². The molecule has 200 valence electrons. The third-order valence-corrected chi connectivity index (χ3v) is 9.10. The maximum atomic E-state index is 13.6. The summed E-state index contributed by atoms with van der Waals surface area (Å²) in [7, 11) is -3.73. The summed E-state index contributed by atoms with van der Waals surface area (Å²) in [5.41, 5.74) is 2.00. The molecule has 38 heavy (non-hydrogen) atoms. The maximum Gasteiger partial charge on any atom is 0.243 e. The van der Waals surface area contributed by atoms with Crippen molar-refractivity contribution in [3.8, 4) is 0 Å². The number of anilines is 2. The minimum absolute atomic E-state index is 0.0658. The van der Waals surface area contributed by atoms with Crippen molar-refractivity contribution in [2.24, 2.45) is 5.92 Å². The summed E-state index contributed by atoms with van der Waals surface area (Å²) >= 11 is 0. The Bertz CT molecular complexity index is 1470. The van der Waals surface area contributed by atoms with Gasteiger partial charge in [-0.25, -0.2) is 12.8 Å². The fraction of sp³-hybridized carbons (Fsp3) is 0.370. The van der Waals surface area contributed by atoms with E-state index in [1.54, 1.807) is 24.4 Å².